The summed E-state index contributed by atoms with van der Waals surface area (Å²) in [5.41, 5.74) is 1.02. The van der Waals surface area contributed by atoms with Crippen LogP contribution in [0.5, 0.6) is 5.75 Å². The van der Waals surface area contributed by atoms with E-state index < -0.39 is 0 Å². The number of amides is 1. The Bertz CT molecular complexity index is 733. The Balaban J connectivity index is 1.57. The number of ether oxygens (including phenoxy) is 1. The standard InChI is InChI=1S/C20H22ClFN2O2/c21-18-6-2-1-5-17(18)19(24-11-3-4-12-24)13-23-20(25)14-26-16-9-7-15(22)8-10-16/h1-2,5-10,19H,3-4,11-14H2,(H,23,25). The molecule has 1 saturated heterocycles. The van der Waals surface area contributed by atoms with Gasteiger partial charge in [-0.3, -0.25) is 9.69 Å². The van der Waals surface area contributed by atoms with E-state index in [1.54, 1.807) is 0 Å². The fourth-order valence-electron chi connectivity index (χ4n) is 3.18. The second kappa shape index (κ2) is 9.01. The van der Waals surface area contributed by atoms with E-state index in [4.69, 9.17) is 16.3 Å². The fourth-order valence-corrected chi connectivity index (χ4v) is 3.44. The van der Waals surface area contributed by atoms with E-state index in [0.29, 0.717) is 17.3 Å². The van der Waals surface area contributed by atoms with Crippen molar-refractivity contribution in [1.82, 2.24) is 10.2 Å². The van der Waals surface area contributed by atoms with Gasteiger partial charge in [0.15, 0.2) is 6.61 Å². The van der Waals surface area contributed by atoms with Crippen LogP contribution >= 0.6 is 11.6 Å². The molecule has 3 rings (SSSR count). The largest absolute Gasteiger partial charge is 0.484 e. The summed E-state index contributed by atoms with van der Waals surface area (Å²) in [7, 11) is 0. The van der Waals surface area contributed by atoms with Gasteiger partial charge in [-0.2, -0.15) is 0 Å². The summed E-state index contributed by atoms with van der Waals surface area (Å²) in [6.45, 7) is 2.35. The number of nitrogens with zero attached hydrogens (tertiary/aromatic N) is 1. The first-order valence-electron chi connectivity index (χ1n) is 8.77. The molecule has 2 aromatic carbocycles. The molecule has 4 nitrogen and oxygen atoms in total. The summed E-state index contributed by atoms with van der Waals surface area (Å²) >= 11 is 6.37. The Labute approximate surface area is 157 Å². The van der Waals surface area contributed by atoms with E-state index in [1.807, 2.05) is 24.3 Å². The van der Waals surface area contributed by atoms with Crippen LogP contribution in [-0.4, -0.2) is 37.0 Å². The zero-order valence-corrected chi connectivity index (χ0v) is 15.2. The first-order chi connectivity index (χ1) is 12.6. The van der Waals surface area contributed by atoms with Crippen molar-refractivity contribution in [1.29, 1.82) is 0 Å². The molecule has 1 heterocycles. The minimum Gasteiger partial charge on any atom is -0.484 e. The van der Waals surface area contributed by atoms with Gasteiger partial charge >= 0.3 is 0 Å². The average Bonchev–Trinajstić information content (AvgIpc) is 3.17. The van der Waals surface area contributed by atoms with Crippen LogP contribution in [0.2, 0.25) is 5.02 Å². The van der Waals surface area contributed by atoms with Crippen molar-refractivity contribution < 1.29 is 13.9 Å². The van der Waals surface area contributed by atoms with Crippen LogP contribution in [0.25, 0.3) is 0 Å². The topological polar surface area (TPSA) is 41.6 Å². The monoisotopic (exact) mass is 376 g/mol. The van der Waals surface area contributed by atoms with E-state index >= 15 is 0 Å². The van der Waals surface area contributed by atoms with Crippen LogP contribution in [0.15, 0.2) is 48.5 Å². The van der Waals surface area contributed by atoms with Crippen molar-refractivity contribution in [2.24, 2.45) is 0 Å². The van der Waals surface area contributed by atoms with E-state index in [2.05, 4.69) is 10.2 Å². The zero-order chi connectivity index (χ0) is 18.4. The van der Waals surface area contributed by atoms with Gasteiger partial charge in [-0.15, -0.1) is 0 Å². The molecule has 2 aromatic rings. The molecule has 0 aliphatic carbocycles. The van der Waals surface area contributed by atoms with Crippen LogP contribution in [0, 0.1) is 5.82 Å². The van der Waals surface area contributed by atoms with Gasteiger partial charge in [-0.25, -0.2) is 4.39 Å². The number of likely N-dealkylation sites (tertiary alicyclic amines) is 1. The van der Waals surface area contributed by atoms with Gasteiger partial charge in [0.05, 0.1) is 6.04 Å². The van der Waals surface area contributed by atoms with Gasteiger partial charge in [0.25, 0.3) is 5.91 Å². The molecule has 1 unspecified atom stereocenters. The van der Waals surface area contributed by atoms with Crippen LogP contribution < -0.4 is 10.1 Å². The van der Waals surface area contributed by atoms with Gasteiger partial charge in [0, 0.05) is 11.6 Å². The van der Waals surface area contributed by atoms with Crippen molar-refractivity contribution in [3.8, 4) is 5.75 Å². The first kappa shape index (κ1) is 18.7. The SMILES string of the molecule is O=C(COc1ccc(F)cc1)NCC(c1ccccc1Cl)N1CCCC1. The summed E-state index contributed by atoms with van der Waals surface area (Å²) < 4.78 is 18.3. The molecule has 1 N–H and O–H groups in total. The molecule has 1 aliphatic heterocycles. The van der Waals surface area contributed by atoms with Gasteiger partial charge < -0.3 is 10.1 Å². The van der Waals surface area contributed by atoms with Crippen LogP contribution in [0.3, 0.4) is 0 Å². The van der Waals surface area contributed by atoms with Crippen molar-refractivity contribution in [3.05, 3.63) is 64.9 Å². The molecule has 1 aliphatic rings. The third-order valence-electron chi connectivity index (χ3n) is 4.52. The maximum atomic E-state index is 12.9. The normalized spacial score (nSPS) is 15.6. The predicted molar refractivity (Wildman–Crippen MR) is 99.9 cm³/mol. The Morgan fingerprint density at radius 3 is 2.54 bits per heavy atom. The van der Waals surface area contributed by atoms with Crippen LogP contribution in [0.4, 0.5) is 4.39 Å². The van der Waals surface area contributed by atoms with Gasteiger partial charge in [-0.1, -0.05) is 29.8 Å². The highest BCUT2D eigenvalue weighted by molar-refractivity contribution is 6.31. The van der Waals surface area contributed by atoms with Crippen molar-refractivity contribution in [3.63, 3.8) is 0 Å². The Morgan fingerprint density at radius 1 is 1.15 bits per heavy atom. The van der Waals surface area contributed by atoms with E-state index in [0.717, 1.165) is 31.5 Å². The summed E-state index contributed by atoms with van der Waals surface area (Å²) in [5.74, 6) is -0.0932. The number of benzene rings is 2. The highest BCUT2D eigenvalue weighted by Crippen LogP contribution is 2.29. The summed E-state index contributed by atoms with van der Waals surface area (Å²) in [4.78, 5) is 14.5. The Hall–Kier alpha value is -2.11. The third kappa shape index (κ3) is 4.96. The van der Waals surface area contributed by atoms with E-state index in [-0.39, 0.29) is 24.4 Å². The number of hydrogen-bond acceptors (Lipinski definition) is 3. The number of carbonyl (C=O) groups excluding carboxylic acids is 1. The molecule has 138 valence electrons. The molecular weight excluding hydrogens is 355 g/mol. The highest BCUT2D eigenvalue weighted by atomic mass is 35.5. The average molecular weight is 377 g/mol. The minimum absolute atomic E-state index is 0.0426. The van der Waals surface area contributed by atoms with E-state index in [9.17, 15) is 9.18 Å². The first-order valence-corrected chi connectivity index (χ1v) is 9.15. The molecule has 0 saturated carbocycles. The van der Waals surface area contributed by atoms with Gasteiger partial charge in [0.2, 0.25) is 0 Å². The molecule has 6 heteroatoms. The Morgan fingerprint density at radius 2 is 1.85 bits per heavy atom. The second-order valence-electron chi connectivity index (χ2n) is 6.33. The molecule has 0 aromatic heterocycles. The molecule has 1 atom stereocenters. The fraction of sp³-hybridized carbons (Fsp3) is 0.350. The van der Waals surface area contributed by atoms with Crippen molar-refractivity contribution in [2.75, 3.05) is 26.2 Å². The zero-order valence-electron chi connectivity index (χ0n) is 14.5. The number of nitrogens with one attached hydrogen (secondary N) is 1. The summed E-state index contributed by atoms with van der Waals surface area (Å²) in [6, 6.07) is 13.4. The Kier molecular flexibility index (Phi) is 6.47. The van der Waals surface area contributed by atoms with Crippen molar-refractivity contribution in [2.45, 2.75) is 18.9 Å². The lowest BCUT2D eigenvalue weighted by molar-refractivity contribution is -0.123. The maximum Gasteiger partial charge on any atom is 0.258 e. The highest BCUT2D eigenvalue weighted by Gasteiger charge is 2.25. The van der Waals surface area contributed by atoms with Crippen LogP contribution in [0.1, 0.15) is 24.4 Å². The number of carbonyl (C=O) groups is 1. The minimum atomic E-state index is -0.338. The molecule has 0 radical (unpaired) electrons. The van der Waals surface area contributed by atoms with Gasteiger partial charge in [-0.05, 0) is 61.8 Å². The predicted octanol–water partition coefficient (Wildman–Crippen LogP) is 3.81. The number of halogens is 2. The molecule has 0 spiro atoms. The quantitative estimate of drug-likeness (QED) is 0.798. The maximum absolute atomic E-state index is 12.9. The third-order valence-corrected chi connectivity index (χ3v) is 4.87. The summed E-state index contributed by atoms with van der Waals surface area (Å²) in [6.07, 6.45) is 2.31. The second-order valence-corrected chi connectivity index (χ2v) is 6.73. The lowest BCUT2D eigenvalue weighted by Gasteiger charge is -2.29. The molecule has 26 heavy (non-hydrogen) atoms. The van der Waals surface area contributed by atoms with Gasteiger partial charge in [0.1, 0.15) is 11.6 Å². The molecule has 1 amide bonds. The number of hydrogen-bond donors (Lipinski definition) is 1. The summed E-state index contributed by atoms with van der Waals surface area (Å²) in [5, 5.41) is 3.64. The smallest absolute Gasteiger partial charge is 0.258 e. The lowest BCUT2D eigenvalue weighted by Crippen LogP contribution is -2.38. The molecular formula is C20H22ClFN2O2. The lowest BCUT2D eigenvalue weighted by atomic mass is 10.1. The van der Waals surface area contributed by atoms with Crippen molar-refractivity contribution >= 4 is 17.5 Å². The molecule has 1 fully saturated rings. The number of rotatable bonds is 7. The van der Waals surface area contributed by atoms with E-state index in [1.165, 1.54) is 24.3 Å². The van der Waals surface area contributed by atoms with Crippen LogP contribution in [-0.2, 0) is 4.79 Å². The molecule has 0 bridgehead atoms.